The summed E-state index contributed by atoms with van der Waals surface area (Å²) >= 11 is 0. The molecule has 0 amide bonds. The molecule has 0 nitrogen and oxygen atoms in total. The van der Waals surface area contributed by atoms with Crippen LogP contribution in [0.3, 0.4) is 0 Å². The maximum atomic E-state index is 5.12. The Bertz CT molecular complexity index is 157. The summed E-state index contributed by atoms with van der Waals surface area (Å²) in [6.45, 7) is 0. The highest BCUT2D eigenvalue weighted by Crippen LogP contribution is 2.24. The first kappa shape index (κ1) is 7.41. The molecule has 0 aliphatic heterocycles. The molecule has 0 saturated carbocycles. The maximum absolute atomic E-state index is 5.12. The second-order valence-corrected chi connectivity index (χ2v) is 2.83. The number of hydrogen-bond acceptors (Lipinski definition) is 0. The third kappa shape index (κ3) is 3.35. The Hall–Kier alpha value is -0.700. The second kappa shape index (κ2) is 4.17. The van der Waals surface area contributed by atoms with E-state index in [9.17, 15) is 0 Å². The predicted molar refractivity (Wildman–Crippen MR) is 44.6 cm³/mol. The lowest BCUT2D eigenvalue weighted by molar-refractivity contribution is 0.695. The first-order valence-electron chi connectivity index (χ1n) is 4.05. The van der Waals surface area contributed by atoms with Gasteiger partial charge in [0.25, 0.3) is 0 Å². The van der Waals surface area contributed by atoms with Gasteiger partial charge in [-0.1, -0.05) is 18.1 Å². The van der Waals surface area contributed by atoms with Gasteiger partial charge in [0, 0.05) is 6.42 Å². The van der Waals surface area contributed by atoms with E-state index in [2.05, 4.69) is 12.0 Å². The molecule has 0 atom stereocenters. The first-order chi connectivity index (χ1) is 4.93. The SMILES string of the molecule is C#CCCCCCC1=CC1. The zero-order valence-corrected chi connectivity index (χ0v) is 6.40. The van der Waals surface area contributed by atoms with Gasteiger partial charge in [0.1, 0.15) is 0 Å². The van der Waals surface area contributed by atoms with E-state index < -0.39 is 0 Å². The molecule has 0 radical (unpaired) electrons. The van der Waals surface area contributed by atoms with Crippen molar-refractivity contribution in [3.63, 3.8) is 0 Å². The highest BCUT2D eigenvalue weighted by molar-refractivity contribution is 5.21. The molecule has 54 valence electrons. The lowest BCUT2D eigenvalue weighted by Crippen LogP contribution is -1.75. The molecule has 0 bridgehead atoms. The lowest BCUT2D eigenvalue weighted by Gasteiger charge is -1.93. The van der Waals surface area contributed by atoms with Gasteiger partial charge in [-0.05, 0) is 25.7 Å². The van der Waals surface area contributed by atoms with E-state index in [-0.39, 0.29) is 0 Å². The fourth-order valence-electron chi connectivity index (χ4n) is 1.03. The van der Waals surface area contributed by atoms with Crippen LogP contribution >= 0.6 is 0 Å². The molecule has 0 N–H and O–H groups in total. The third-order valence-corrected chi connectivity index (χ3v) is 1.81. The van der Waals surface area contributed by atoms with Crippen LogP contribution in [0.15, 0.2) is 11.6 Å². The Morgan fingerprint density at radius 1 is 1.40 bits per heavy atom. The second-order valence-electron chi connectivity index (χ2n) is 2.83. The van der Waals surface area contributed by atoms with Gasteiger partial charge in [0.15, 0.2) is 0 Å². The molecule has 0 aromatic rings. The molecule has 0 spiro atoms. The van der Waals surface area contributed by atoms with Gasteiger partial charge in [-0.15, -0.1) is 12.3 Å². The zero-order valence-electron chi connectivity index (χ0n) is 6.40. The van der Waals surface area contributed by atoms with Crippen LogP contribution in [0, 0.1) is 12.3 Å². The highest BCUT2D eigenvalue weighted by Gasteiger charge is 2.04. The van der Waals surface area contributed by atoms with Crippen LogP contribution in [0.1, 0.15) is 38.5 Å². The Balaban J connectivity index is 1.77. The highest BCUT2D eigenvalue weighted by atomic mass is 14.1. The van der Waals surface area contributed by atoms with Crippen molar-refractivity contribution in [1.29, 1.82) is 0 Å². The molecule has 0 fully saturated rings. The van der Waals surface area contributed by atoms with Crippen molar-refractivity contribution in [3.05, 3.63) is 11.6 Å². The van der Waals surface area contributed by atoms with Crippen LogP contribution in [0.25, 0.3) is 0 Å². The summed E-state index contributed by atoms with van der Waals surface area (Å²) in [4.78, 5) is 0. The van der Waals surface area contributed by atoms with E-state index >= 15 is 0 Å². The number of terminal acetylenes is 1. The van der Waals surface area contributed by atoms with Gasteiger partial charge >= 0.3 is 0 Å². The third-order valence-electron chi connectivity index (χ3n) is 1.81. The average molecular weight is 134 g/mol. The van der Waals surface area contributed by atoms with Crippen molar-refractivity contribution in [2.24, 2.45) is 0 Å². The molecule has 0 heterocycles. The molecule has 0 saturated heterocycles. The van der Waals surface area contributed by atoms with E-state index in [1.807, 2.05) is 0 Å². The molecule has 0 aromatic heterocycles. The number of unbranched alkanes of at least 4 members (excludes halogenated alkanes) is 3. The minimum absolute atomic E-state index is 0.957. The van der Waals surface area contributed by atoms with Crippen molar-refractivity contribution >= 4 is 0 Å². The number of rotatable bonds is 5. The van der Waals surface area contributed by atoms with Gasteiger partial charge in [-0.2, -0.15) is 0 Å². The number of hydrogen-bond donors (Lipinski definition) is 0. The zero-order chi connectivity index (χ0) is 7.23. The lowest BCUT2D eigenvalue weighted by atomic mass is 10.1. The predicted octanol–water partition coefficient (Wildman–Crippen LogP) is 2.90. The van der Waals surface area contributed by atoms with E-state index in [1.165, 1.54) is 32.1 Å². The minimum atomic E-state index is 0.957. The molecular weight excluding hydrogens is 120 g/mol. The quantitative estimate of drug-likeness (QED) is 0.308. The summed E-state index contributed by atoms with van der Waals surface area (Å²) in [6.07, 6.45) is 14.9. The van der Waals surface area contributed by atoms with Crippen LogP contribution < -0.4 is 0 Å². The van der Waals surface area contributed by atoms with E-state index in [0.717, 1.165) is 6.42 Å². The van der Waals surface area contributed by atoms with E-state index in [0.29, 0.717) is 0 Å². The summed E-state index contributed by atoms with van der Waals surface area (Å²) in [7, 11) is 0. The molecule has 1 aliphatic carbocycles. The van der Waals surface area contributed by atoms with Gasteiger partial charge < -0.3 is 0 Å². The summed E-state index contributed by atoms with van der Waals surface area (Å²) in [5.74, 6) is 2.66. The van der Waals surface area contributed by atoms with Gasteiger partial charge in [0.05, 0.1) is 0 Å². The maximum Gasteiger partial charge on any atom is 0.00860 e. The molecule has 0 aromatic carbocycles. The minimum Gasteiger partial charge on any atom is -0.120 e. The van der Waals surface area contributed by atoms with Crippen LogP contribution in [0.4, 0.5) is 0 Å². The molecule has 0 heteroatoms. The van der Waals surface area contributed by atoms with Crippen molar-refractivity contribution < 1.29 is 0 Å². The monoisotopic (exact) mass is 134 g/mol. The fraction of sp³-hybridized carbons (Fsp3) is 0.600. The molecular formula is C10H14. The van der Waals surface area contributed by atoms with Gasteiger partial charge in [-0.3, -0.25) is 0 Å². The first-order valence-corrected chi connectivity index (χ1v) is 4.05. The molecule has 10 heavy (non-hydrogen) atoms. The molecule has 1 rings (SSSR count). The van der Waals surface area contributed by atoms with Crippen molar-refractivity contribution in [1.82, 2.24) is 0 Å². The van der Waals surface area contributed by atoms with Gasteiger partial charge in [-0.25, -0.2) is 0 Å². The standard InChI is InChI=1S/C10H14/c1-2-3-4-5-6-7-10-8-9-10/h1,8H,3-7,9H2. The van der Waals surface area contributed by atoms with E-state index in [1.54, 1.807) is 5.57 Å². The van der Waals surface area contributed by atoms with Crippen molar-refractivity contribution in [2.45, 2.75) is 38.5 Å². The topological polar surface area (TPSA) is 0 Å². The van der Waals surface area contributed by atoms with Crippen LogP contribution in [0.5, 0.6) is 0 Å². The Morgan fingerprint density at radius 3 is 2.80 bits per heavy atom. The average Bonchev–Trinajstić information content (AvgIpc) is 2.71. The van der Waals surface area contributed by atoms with Crippen LogP contribution in [0.2, 0.25) is 0 Å². The van der Waals surface area contributed by atoms with Crippen molar-refractivity contribution in [3.8, 4) is 12.3 Å². The largest absolute Gasteiger partial charge is 0.120 e. The molecule has 1 aliphatic rings. The summed E-state index contributed by atoms with van der Waals surface area (Å²) in [6, 6.07) is 0. The van der Waals surface area contributed by atoms with Crippen molar-refractivity contribution in [2.75, 3.05) is 0 Å². The summed E-state index contributed by atoms with van der Waals surface area (Å²) in [5, 5.41) is 0. The fourth-order valence-corrected chi connectivity index (χ4v) is 1.03. The van der Waals surface area contributed by atoms with Crippen LogP contribution in [-0.2, 0) is 0 Å². The van der Waals surface area contributed by atoms with E-state index in [4.69, 9.17) is 6.42 Å². The molecule has 0 unspecified atom stereocenters. The summed E-state index contributed by atoms with van der Waals surface area (Å²) in [5.41, 5.74) is 1.65. The smallest absolute Gasteiger partial charge is 0.00860 e. The van der Waals surface area contributed by atoms with Crippen LogP contribution in [-0.4, -0.2) is 0 Å². The number of allylic oxidation sites excluding steroid dienone is 2. The summed E-state index contributed by atoms with van der Waals surface area (Å²) < 4.78 is 0. The van der Waals surface area contributed by atoms with Gasteiger partial charge in [0.2, 0.25) is 0 Å². The Labute approximate surface area is 63.3 Å². The normalized spacial score (nSPS) is 14.1. The Morgan fingerprint density at radius 2 is 2.20 bits per heavy atom. The Kier molecular flexibility index (Phi) is 3.09.